The van der Waals surface area contributed by atoms with E-state index in [2.05, 4.69) is 10.3 Å². The van der Waals surface area contributed by atoms with Crippen LogP contribution in [0.5, 0.6) is 0 Å². The van der Waals surface area contributed by atoms with Gasteiger partial charge in [0.25, 0.3) is 0 Å². The van der Waals surface area contributed by atoms with Crippen LogP contribution in [0.2, 0.25) is 0 Å². The smallest absolute Gasteiger partial charge is 0.0860 e. The van der Waals surface area contributed by atoms with Crippen molar-refractivity contribution < 1.29 is 5.11 Å². The highest BCUT2D eigenvalue weighted by Gasteiger charge is 2.15. The maximum absolute atomic E-state index is 9.67. The maximum atomic E-state index is 9.67. The van der Waals surface area contributed by atoms with Crippen LogP contribution < -0.4 is 0 Å². The number of nitrogens with zero attached hydrogens (tertiary/aromatic N) is 3. The van der Waals surface area contributed by atoms with E-state index < -0.39 is 5.60 Å². The first kappa shape index (κ1) is 10.8. The molecule has 0 amide bonds. The van der Waals surface area contributed by atoms with E-state index in [1.54, 1.807) is 18.5 Å². The van der Waals surface area contributed by atoms with E-state index in [9.17, 15) is 5.11 Å². The third-order valence-corrected chi connectivity index (χ3v) is 2.18. The van der Waals surface area contributed by atoms with Gasteiger partial charge in [-0.1, -0.05) is 23.4 Å². The van der Waals surface area contributed by atoms with Gasteiger partial charge in [0.15, 0.2) is 0 Å². The molecule has 1 aromatic heterocycles. The summed E-state index contributed by atoms with van der Waals surface area (Å²) in [6, 6.07) is 9.78. The largest absolute Gasteiger partial charge is 0.390 e. The molecule has 0 aliphatic rings. The van der Waals surface area contributed by atoms with E-state index >= 15 is 0 Å². The zero-order valence-corrected chi connectivity index (χ0v) is 9.46. The average Bonchev–Trinajstić information content (AvgIpc) is 2.65. The first-order chi connectivity index (χ1) is 7.54. The van der Waals surface area contributed by atoms with Gasteiger partial charge < -0.3 is 5.11 Å². The standard InChI is InChI=1S/C12H15N3O/c1-12(2,16)8-10-9-15(14-13-10)11-6-4-3-5-7-11/h3-7,9,16H,8H2,1-2H3. The molecule has 84 valence electrons. The molecule has 16 heavy (non-hydrogen) atoms. The minimum absolute atomic E-state index is 0.500. The van der Waals surface area contributed by atoms with Crippen molar-refractivity contribution in [3.63, 3.8) is 0 Å². The predicted octanol–water partition coefficient (Wildman–Crippen LogP) is 1.58. The second kappa shape index (κ2) is 4.06. The van der Waals surface area contributed by atoms with E-state index in [0.717, 1.165) is 11.4 Å². The molecule has 0 spiro atoms. The van der Waals surface area contributed by atoms with E-state index in [4.69, 9.17) is 0 Å². The summed E-state index contributed by atoms with van der Waals surface area (Å²) in [4.78, 5) is 0. The Morgan fingerprint density at radius 3 is 2.56 bits per heavy atom. The number of rotatable bonds is 3. The molecule has 2 aromatic rings. The normalized spacial score (nSPS) is 11.7. The molecule has 0 fully saturated rings. The Bertz CT molecular complexity index is 457. The van der Waals surface area contributed by atoms with E-state index in [1.807, 2.05) is 36.5 Å². The van der Waals surface area contributed by atoms with Crippen LogP contribution in [-0.4, -0.2) is 25.7 Å². The summed E-state index contributed by atoms with van der Waals surface area (Å²) in [6.07, 6.45) is 2.34. The molecule has 0 saturated carbocycles. The molecule has 0 bridgehead atoms. The molecule has 0 saturated heterocycles. The van der Waals surface area contributed by atoms with Crippen LogP contribution in [0.25, 0.3) is 5.69 Å². The lowest BCUT2D eigenvalue weighted by Gasteiger charge is -2.13. The monoisotopic (exact) mass is 217 g/mol. The van der Waals surface area contributed by atoms with Gasteiger partial charge in [-0.2, -0.15) is 0 Å². The lowest BCUT2D eigenvalue weighted by atomic mass is 10.0. The molecule has 0 atom stereocenters. The van der Waals surface area contributed by atoms with Crippen LogP contribution in [0.1, 0.15) is 19.5 Å². The minimum atomic E-state index is -0.752. The van der Waals surface area contributed by atoms with Crippen molar-refractivity contribution in [1.82, 2.24) is 15.0 Å². The Morgan fingerprint density at radius 2 is 1.94 bits per heavy atom. The zero-order valence-electron chi connectivity index (χ0n) is 9.46. The summed E-state index contributed by atoms with van der Waals surface area (Å²) in [5, 5.41) is 17.7. The second-order valence-corrected chi connectivity index (χ2v) is 4.48. The van der Waals surface area contributed by atoms with Crippen molar-refractivity contribution in [2.24, 2.45) is 0 Å². The lowest BCUT2D eigenvalue weighted by molar-refractivity contribution is 0.0799. The van der Waals surface area contributed by atoms with Gasteiger partial charge in [-0.15, -0.1) is 5.10 Å². The lowest BCUT2D eigenvalue weighted by Crippen LogP contribution is -2.22. The van der Waals surface area contributed by atoms with Crippen LogP contribution in [0.4, 0.5) is 0 Å². The highest BCUT2D eigenvalue weighted by atomic mass is 16.3. The topological polar surface area (TPSA) is 50.9 Å². The van der Waals surface area contributed by atoms with E-state index in [1.165, 1.54) is 0 Å². The van der Waals surface area contributed by atoms with Gasteiger partial charge in [0, 0.05) is 6.42 Å². The van der Waals surface area contributed by atoms with Gasteiger partial charge in [-0.05, 0) is 26.0 Å². The Morgan fingerprint density at radius 1 is 1.25 bits per heavy atom. The molecule has 4 heteroatoms. The molecule has 0 aliphatic heterocycles. The van der Waals surface area contributed by atoms with Crippen molar-refractivity contribution in [3.05, 3.63) is 42.2 Å². The highest BCUT2D eigenvalue weighted by molar-refractivity contribution is 5.29. The Hall–Kier alpha value is -1.68. The molecule has 0 aliphatic carbocycles. The number of aliphatic hydroxyl groups is 1. The fourth-order valence-corrected chi connectivity index (χ4v) is 1.53. The highest BCUT2D eigenvalue weighted by Crippen LogP contribution is 2.11. The van der Waals surface area contributed by atoms with Gasteiger partial charge in [0.2, 0.25) is 0 Å². The molecule has 0 unspecified atom stereocenters. The second-order valence-electron chi connectivity index (χ2n) is 4.48. The number of hydrogen-bond acceptors (Lipinski definition) is 3. The van der Waals surface area contributed by atoms with Crippen LogP contribution >= 0.6 is 0 Å². The van der Waals surface area contributed by atoms with Gasteiger partial charge in [0.1, 0.15) is 0 Å². The van der Waals surface area contributed by atoms with Crippen LogP contribution in [0.3, 0.4) is 0 Å². The summed E-state index contributed by atoms with van der Waals surface area (Å²) in [5.41, 5.74) is 1.01. The third-order valence-electron chi connectivity index (χ3n) is 2.18. The van der Waals surface area contributed by atoms with Gasteiger partial charge in [0.05, 0.1) is 23.2 Å². The Labute approximate surface area is 94.5 Å². The fraction of sp³-hybridized carbons (Fsp3) is 0.333. The first-order valence-corrected chi connectivity index (χ1v) is 5.24. The van der Waals surface area contributed by atoms with Crippen molar-refractivity contribution in [2.75, 3.05) is 0 Å². The SMILES string of the molecule is CC(C)(O)Cc1cn(-c2ccccc2)nn1. The summed E-state index contributed by atoms with van der Waals surface area (Å²) in [7, 11) is 0. The van der Waals surface area contributed by atoms with Gasteiger partial charge in [-0.3, -0.25) is 0 Å². The zero-order chi connectivity index (χ0) is 11.6. The first-order valence-electron chi connectivity index (χ1n) is 5.24. The Kier molecular flexibility index (Phi) is 2.75. The number of para-hydroxylation sites is 1. The summed E-state index contributed by atoms with van der Waals surface area (Å²) >= 11 is 0. The quantitative estimate of drug-likeness (QED) is 0.849. The molecule has 4 nitrogen and oxygen atoms in total. The maximum Gasteiger partial charge on any atom is 0.0860 e. The summed E-state index contributed by atoms with van der Waals surface area (Å²) < 4.78 is 1.71. The van der Waals surface area contributed by atoms with Crippen molar-refractivity contribution in [1.29, 1.82) is 0 Å². The predicted molar refractivity (Wildman–Crippen MR) is 61.4 cm³/mol. The van der Waals surface area contributed by atoms with Crippen molar-refractivity contribution in [2.45, 2.75) is 25.9 Å². The van der Waals surface area contributed by atoms with Crippen LogP contribution in [-0.2, 0) is 6.42 Å². The van der Waals surface area contributed by atoms with E-state index in [0.29, 0.717) is 6.42 Å². The average molecular weight is 217 g/mol. The number of hydrogen-bond donors (Lipinski definition) is 1. The molecule has 2 rings (SSSR count). The van der Waals surface area contributed by atoms with Gasteiger partial charge >= 0.3 is 0 Å². The molecule has 1 heterocycles. The van der Waals surface area contributed by atoms with Crippen molar-refractivity contribution in [3.8, 4) is 5.69 Å². The summed E-state index contributed by atoms with van der Waals surface area (Å²) in [6.45, 7) is 3.52. The number of benzene rings is 1. The fourth-order valence-electron chi connectivity index (χ4n) is 1.53. The third kappa shape index (κ3) is 2.67. The van der Waals surface area contributed by atoms with Gasteiger partial charge in [-0.25, -0.2) is 4.68 Å². The van der Waals surface area contributed by atoms with Crippen LogP contribution in [0.15, 0.2) is 36.5 Å². The molecule has 1 aromatic carbocycles. The minimum Gasteiger partial charge on any atom is -0.390 e. The van der Waals surface area contributed by atoms with Crippen molar-refractivity contribution >= 4 is 0 Å². The molecular formula is C12H15N3O. The Balaban J connectivity index is 2.21. The molecule has 1 N–H and O–H groups in total. The summed E-state index contributed by atoms with van der Waals surface area (Å²) in [5.74, 6) is 0. The van der Waals surface area contributed by atoms with E-state index in [-0.39, 0.29) is 0 Å². The molecular weight excluding hydrogens is 202 g/mol. The number of aromatic nitrogens is 3. The van der Waals surface area contributed by atoms with Crippen LogP contribution in [0, 0.1) is 0 Å². The molecule has 0 radical (unpaired) electrons.